The molecule has 3 rings (SSSR count). The van der Waals surface area contributed by atoms with Crippen LogP contribution in [0.25, 0.3) is 0 Å². The lowest BCUT2D eigenvalue weighted by atomic mass is 10.1. The molecule has 0 saturated carbocycles. The summed E-state index contributed by atoms with van der Waals surface area (Å²) < 4.78 is 42.4. The molecule has 1 heterocycles. The first-order valence-corrected chi connectivity index (χ1v) is 7.54. The average molecular weight is 339 g/mol. The lowest BCUT2D eigenvalue weighted by molar-refractivity contribution is 0.102. The highest BCUT2D eigenvalue weighted by atomic mass is 32.2. The number of anilines is 2. The van der Waals surface area contributed by atoms with Gasteiger partial charge in [-0.1, -0.05) is 0 Å². The lowest BCUT2D eigenvalue weighted by Crippen LogP contribution is -2.31. The molecular formula is C15H12F3N3OS. The zero-order valence-electron chi connectivity index (χ0n) is 11.9. The second-order valence-corrected chi connectivity index (χ2v) is 5.88. The third kappa shape index (κ3) is 3.27. The highest BCUT2D eigenvalue weighted by molar-refractivity contribution is 7.97. The molecule has 3 N–H and O–H groups in total. The number of carbonyl (C=O) groups is 1. The molecule has 0 aliphatic carbocycles. The molecule has 2 aromatic carbocycles. The summed E-state index contributed by atoms with van der Waals surface area (Å²) in [6.45, 7) is 1.95. The van der Waals surface area contributed by atoms with Crippen molar-refractivity contribution in [3.05, 3.63) is 53.3 Å². The van der Waals surface area contributed by atoms with Crippen LogP contribution in [-0.2, 0) is 0 Å². The van der Waals surface area contributed by atoms with Crippen molar-refractivity contribution in [2.75, 3.05) is 10.6 Å². The van der Waals surface area contributed by atoms with Gasteiger partial charge in [0.2, 0.25) is 0 Å². The van der Waals surface area contributed by atoms with Gasteiger partial charge in [-0.3, -0.25) is 4.79 Å². The summed E-state index contributed by atoms with van der Waals surface area (Å²) >= 11 is 1.38. The third-order valence-electron chi connectivity index (χ3n) is 3.20. The van der Waals surface area contributed by atoms with Crippen molar-refractivity contribution < 1.29 is 18.0 Å². The molecule has 1 aliphatic heterocycles. The van der Waals surface area contributed by atoms with E-state index in [1.165, 1.54) is 11.9 Å². The van der Waals surface area contributed by atoms with Crippen LogP contribution in [0.15, 0.2) is 35.2 Å². The van der Waals surface area contributed by atoms with Crippen LogP contribution in [0.5, 0.6) is 0 Å². The Bertz CT molecular complexity index is 762. The fraction of sp³-hybridized carbons (Fsp3) is 0.133. The predicted octanol–water partition coefficient (Wildman–Crippen LogP) is 3.72. The Morgan fingerprint density at radius 2 is 1.87 bits per heavy atom. The van der Waals surface area contributed by atoms with E-state index in [1.54, 1.807) is 18.2 Å². The van der Waals surface area contributed by atoms with Gasteiger partial charge in [-0.25, -0.2) is 17.9 Å². The number of benzene rings is 2. The predicted molar refractivity (Wildman–Crippen MR) is 82.8 cm³/mol. The lowest BCUT2D eigenvalue weighted by Gasteiger charge is -2.24. The quantitative estimate of drug-likeness (QED) is 0.576. The molecule has 0 bridgehead atoms. The van der Waals surface area contributed by atoms with E-state index < -0.39 is 23.4 Å². The van der Waals surface area contributed by atoms with E-state index in [0.29, 0.717) is 5.56 Å². The van der Waals surface area contributed by atoms with Crippen molar-refractivity contribution in [1.82, 2.24) is 4.72 Å². The van der Waals surface area contributed by atoms with E-state index in [9.17, 15) is 18.0 Å². The number of rotatable bonds is 2. The van der Waals surface area contributed by atoms with Gasteiger partial charge < -0.3 is 10.6 Å². The minimum atomic E-state index is -1.57. The Balaban J connectivity index is 1.81. The van der Waals surface area contributed by atoms with Crippen LogP contribution >= 0.6 is 11.9 Å². The largest absolute Gasteiger partial charge is 0.368 e. The van der Waals surface area contributed by atoms with Gasteiger partial charge in [-0.15, -0.1) is 0 Å². The zero-order valence-corrected chi connectivity index (χ0v) is 12.7. The number of hydrogen-bond acceptors (Lipinski definition) is 4. The van der Waals surface area contributed by atoms with Crippen LogP contribution in [0.4, 0.5) is 24.5 Å². The summed E-state index contributed by atoms with van der Waals surface area (Å²) in [5.41, 5.74) is 1.05. The van der Waals surface area contributed by atoms with E-state index in [0.717, 1.165) is 22.7 Å². The second-order valence-electron chi connectivity index (χ2n) is 5.00. The van der Waals surface area contributed by atoms with Crippen molar-refractivity contribution in [2.45, 2.75) is 18.0 Å². The summed E-state index contributed by atoms with van der Waals surface area (Å²) in [5, 5.41) is 5.54. The minimum absolute atomic E-state index is 0.0948. The summed E-state index contributed by atoms with van der Waals surface area (Å²) in [7, 11) is 0. The first-order valence-electron chi connectivity index (χ1n) is 6.73. The maximum absolute atomic E-state index is 13.2. The first-order chi connectivity index (χ1) is 10.9. The number of nitrogens with one attached hydrogen (secondary N) is 3. The fourth-order valence-corrected chi connectivity index (χ4v) is 2.90. The highest BCUT2D eigenvalue weighted by Gasteiger charge is 2.17. The van der Waals surface area contributed by atoms with Crippen molar-refractivity contribution in [3.63, 3.8) is 0 Å². The Hall–Kier alpha value is -2.19. The zero-order chi connectivity index (χ0) is 16.6. The number of amides is 1. The van der Waals surface area contributed by atoms with Gasteiger partial charge in [0.15, 0.2) is 17.5 Å². The monoisotopic (exact) mass is 339 g/mol. The third-order valence-corrected chi connectivity index (χ3v) is 4.23. The van der Waals surface area contributed by atoms with Crippen LogP contribution in [0.2, 0.25) is 0 Å². The van der Waals surface area contributed by atoms with Crippen LogP contribution in [0.1, 0.15) is 17.3 Å². The van der Waals surface area contributed by atoms with E-state index >= 15 is 0 Å². The number of fused-ring (bicyclic) bond motifs is 1. The molecule has 1 atom stereocenters. The van der Waals surface area contributed by atoms with E-state index in [-0.39, 0.29) is 11.9 Å². The normalized spacial score (nSPS) is 16.4. The van der Waals surface area contributed by atoms with E-state index in [2.05, 4.69) is 15.4 Å². The molecule has 1 aliphatic rings. The molecule has 2 aromatic rings. The van der Waals surface area contributed by atoms with Gasteiger partial charge in [-0.2, -0.15) is 0 Å². The minimum Gasteiger partial charge on any atom is -0.368 e. The van der Waals surface area contributed by atoms with Crippen LogP contribution in [0.3, 0.4) is 0 Å². The SMILES string of the molecule is CC1NSc2cc(C(=O)Nc3cc(F)c(F)c(F)c3)ccc2N1. The standard InChI is InChI=1S/C15H12F3N3OS/c1-7-19-12-3-2-8(4-13(12)23-21-7)15(22)20-9-5-10(16)14(18)11(17)6-9/h2-7,19,21H,1H3,(H,20,22). The van der Waals surface area contributed by atoms with Gasteiger partial charge in [0.25, 0.3) is 5.91 Å². The summed E-state index contributed by atoms with van der Waals surface area (Å²) in [6.07, 6.45) is 0.0948. The van der Waals surface area contributed by atoms with Gasteiger partial charge >= 0.3 is 0 Å². The molecule has 0 saturated heterocycles. The van der Waals surface area contributed by atoms with Crippen molar-refractivity contribution >= 4 is 29.2 Å². The molecule has 4 nitrogen and oxygen atoms in total. The van der Waals surface area contributed by atoms with E-state index in [1.807, 2.05) is 6.92 Å². The summed E-state index contributed by atoms with van der Waals surface area (Å²) in [5.74, 6) is -4.83. The van der Waals surface area contributed by atoms with Gasteiger partial charge in [0.05, 0.1) is 11.9 Å². The van der Waals surface area contributed by atoms with Crippen molar-refractivity contribution in [1.29, 1.82) is 0 Å². The topological polar surface area (TPSA) is 53.2 Å². The first kappa shape index (κ1) is 15.7. The Kier molecular flexibility index (Phi) is 4.18. The second kappa shape index (κ2) is 6.13. The Morgan fingerprint density at radius 1 is 1.17 bits per heavy atom. The Labute approximate surface area is 134 Å². The van der Waals surface area contributed by atoms with Crippen LogP contribution in [0, 0.1) is 17.5 Å². The van der Waals surface area contributed by atoms with Crippen molar-refractivity contribution in [2.24, 2.45) is 0 Å². The number of carbonyl (C=O) groups excluding carboxylic acids is 1. The van der Waals surface area contributed by atoms with Crippen LogP contribution < -0.4 is 15.4 Å². The number of halogens is 3. The molecule has 0 aromatic heterocycles. The molecule has 0 fully saturated rings. The fourth-order valence-electron chi connectivity index (χ4n) is 2.11. The Morgan fingerprint density at radius 3 is 2.57 bits per heavy atom. The summed E-state index contributed by atoms with van der Waals surface area (Å²) in [6, 6.07) is 6.45. The van der Waals surface area contributed by atoms with Gasteiger partial charge in [0.1, 0.15) is 0 Å². The molecular weight excluding hydrogens is 327 g/mol. The maximum Gasteiger partial charge on any atom is 0.255 e. The van der Waals surface area contributed by atoms with Crippen molar-refractivity contribution in [3.8, 4) is 0 Å². The van der Waals surface area contributed by atoms with Gasteiger partial charge in [-0.05, 0) is 37.1 Å². The highest BCUT2D eigenvalue weighted by Crippen LogP contribution is 2.31. The molecule has 120 valence electrons. The molecule has 0 radical (unpaired) electrons. The summed E-state index contributed by atoms with van der Waals surface area (Å²) in [4.78, 5) is 13.0. The molecule has 1 unspecified atom stereocenters. The van der Waals surface area contributed by atoms with Crippen LogP contribution in [-0.4, -0.2) is 12.1 Å². The molecule has 23 heavy (non-hydrogen) atoms. The molecule has 8 heteroatoms. The number of hydrogen-bond donors (Lipinski definition) is 3. The maximum atomic E-state index is 13.2. The molecule has 1 amide bonds. The molecule has 0 spiro atoms. The smallest absolute Gasteiger partial charge is 0.255 e. The van der Waals surface area contributed by atoms with Gasteiger partial charge in [0, 0.05) is 28.3 Å². The average Bonchev–Trinajstić information content (AvgIpc) is 2.52. The van der Waals surface area contributed by atoms with E-state index in [4.69, 9.17) is 0 Å².